The maximum atomic E-state index is 4.52. The molecule has 0 atom stereocenters. The maximum absolute atomic E-state index is 4.52. The van der Waals surface area contributed by atoms with Gasteiger partial charge in [-0.15, -0.1) is 0 Å². The topological polar surface area (TPSA) is 12.9 Å². The molecule has 1 rings (SSSR count). The van der Waals surface area contributed by atoms with Crippen LogP contribution in [-0.4, -0.2) is 4.98 Å². The molecule has 1 aromatic heterocycles. The summed E-state index contributed by atoms with van der Waals surface area (Å²) in [5.41, 5.74) is 5.89. The van der Waals surface area contributed by atoms with Gasteiger partial charge in [0.15, 0.2) is 0 Å². The molecule has 0 amide bonds. The highest BCUT2D eigenvalue weighted by atomic mass is 32.1. The quantitative estimate of drug-likeness (QED) is 0.652. The van der Waals surface area contributed by atoms with E-state index in [9.17, 15) is 0 Å². The van der Waals surface area contributed by atoms with Crippen LogP contribution in [0.3, 0.4) is 0 Å². The Balaban J connectivity index is 0. The monoisotopic (exact) mass is 321 g/mol. The summed E-state index contributed by atoms with van der Waals surface area (Å²) in [5, 5.41) is 0. The van der Waals surface area contributed by atoms with Crippen LogP contribution in [0.15, 0.2) is 54.3 Å². The maximum Gasteiger partial charge on any atom is 0.0659 e. The van der Waals surface area contributed by atoms with E-state index in [1.807, 2.05) is 25.3 Å². The van der Waals surface area contributed by atoms with Gasteiger partial charge >= 0.3 is 0 Å². The number of hydrogen-bond acceptors (Lipinski definition) is 1. The summed E-state index contributed by atoms with van der Waals surface area (Å²) < 4.78 is 0. The van der Waals surface area contributed by atoms with Crippen molar-refractivity contribution in [3.8, 4) is 0 Å². The number of allylic oxidation sites excluding steroid dienone is 8. The first kappa shape index (κ1) is 22.1. The Morgan fingerprint density at radius 2 is 1.57 bits per heavy atom. The molecule has 0 aromatic carbocycles. The van der Waals surface area contributed by atoms with E-state index in [0.29, 0.717) is 0 Å². The minimum absolute atomic E-state index is 0. The van der Waals surface area contributed by atoms with Gasteiger partial charge in [-0.3, -0.25) is 4.98 Å². The second-order valence-electron chi connectivity index (χ2n) is 4.90. The molecule has 0 aliphatic heterocycles. The van der Waals surface area contributed by atoms with Crippen molar-refractivity contribution in [1.29, 1.82) is 0 Å². The predicted octanol–water partition coefficient (Wildman–Crippen LogP) is 5.66. The third kappa shape index (κ3) is 7.98. The lowest BCUT2D eigenvalue weighted by atomic mass is 10.1. The third-order valence-corrected chi connectivity index (χ3v) is 2.83. The van der Waals surface area contributed by atoms with Crippen LogP contribution in [0, 0.1) is 0 Å². The molecular weight excluding hydrogens is 294 g/mol. The van der Waals surface area contributed by atoms with Gasteiger partial charge in [-0.25, -0.2) is 0 Å². The van der Waals surface area contributed by atoms with Gasteiger partial charge in [0.05, 0.1) is 5.69 Å². The average molecular weight is 322 g/mol. The van der Waals surface area contributed by atoms with Crippen molar-refractivity contribution in [1.82, 2.24) is 4.98 Å². The summed E-state index contributed by atoms with van der Waals surface area (Å²) >= 11 is 0. The van der Waals surface area contributed by atoms with Crippen molar-refractivity contribution in [3.05, 3.63) is 65.5 Å². The third-order valence-electron chi connectivity index (χ3n) is 2.83. The molecule has 0 N–H and O–H groups in total. The Morgan fingerprint density at radius 1 is 0.905 bits per heavy atom. The first-order chi connectivity index (χ1) is 9.04. The lowest BCUT2D eigenvalue weighted by Crippen LogP contribution is -1.88. The van der Waals surface area contributed by atoms with E-state index in [1.54, 1.807) is 0 Å². The van der Waals surface area contributed by atoms with Crippen LogP contribution in [0.5, 0.6) is 0 Å². The van der Waals surface area contributed by atoms with Gasteiger partial charge in [-0.2, -0.15) is 27.0 Å². The van der Waals surface area contributed by atoms with Gasteiger partial charge in [0.25, 0.3) is 0 Å². The fourth-order valence-electron chi connectivity index (χ4n) is 1.57. The van der Waals surface area contributed by atoms with Crippen molar-refractivity contribution < 1.29 is 0 Å². The standard InChI is InChI=1S/C18H23N.2H2S/c1-6-7-8-15(4)17-11-12-18(19-13-17)16(5)10-9-14(2)3;;/h6-13H,1-5H3;2*1H2/b7-6-,15-8+,16-10+;;. The molecule has 116 valence electrons. The van der Waals surface area contributed by atoms with Crippen molar-refractivity contribution in [2.45, 2.75) is 34.6 Å². The Kier molecular flexibility index (Phi) is 12.1. The Bertz CT molecular complexity index is 531. The number of rotatable bonds is 4. The fourth-order valence-corrected chi connectivity index (χ4v) is 1.57. The lowest BCUT2D eigenvalue weighted by molar-refractivity contribution is 1.25. The van der Waals surface area contributed by atoms with Crippen molar-refractivity contribution >= 4 is 38.1 Å². The van der Waals surface area contributed by atoms with Crippen LogP contribution in [0.2, 0.25) is 0 Å². The van der Waals surface area contributed by atoms with Gasteiger partial charge in [-0.05, 0) is 57.4 Å². The molecule has 0 radical (unpaired) electrons. The van der Waals surface area contributed by atoms with E-state index in [0.717, 1.165) is 11.3 Å². The lowest BCUT2D eigenvalue weighted by Gasteiger charge is -2.03. The molecule has 21 heavy (non-hydrogen) atoms. The number of aromatic nitrogens is 1. The SMILES string of the molecule is C/C=C\C=C(/C)c1ccc(/C(C)=C/C=C(C)C)nc1.S.S. The van der Waals surface area contributed by atoms with Crippen LogP contribution in [-0.2, 0) is 0 Å². The first-order valence-corrected chi connectivity index (χ1v) is 6.62. The van der Waals surface area contributed by atoms with Gasteiger partial charge in [0.2, 0.25) is 0 Å². The molecule has 0 fully saturated rings. The molecule has 0 saturated carbocycles. The largest absolute Gasteiger partial charge is 0.256 e. The van der Waals surface area contributed by atoms with Gasteiger partial charge < -0.3 is 0 Å². The molecule has 1 heterocycles. The van der Waals surface area contributed by atoms with E-state index in [2.05, 4.69) is 63.0 Å². The minimum Gasteiger partial charge on any atom is -0.256 e. The molecular formula is C18H27NS2. The van der Waals surface area contributed by atoms with Gasteiger partial charge in [0.1, 0.15) is 0 Å². The second-order valence-corrected chi connectivity index (χ2v) is 4.90. The van der Waals surface area contributed by atoms with E-state index in [4.69, 9.17) is 0 Å². The van der Waals surface area contributed by atoms with Crippen LogP contribution < -0.4 is 0 Å². The summed E-state index contributed by atoms with van der Waals surface area (Å²) in [6, 6.07) is 4.20. The second kappa shape index (κ2) is 11.5. The first-order valence-electron chi connectivity index (χ1n) is 6.62. The van der Waals surface area contributed by atoms with Gasteiger partial charge in [0, 0.05) is 6.20 Å². The molecule has 0 bridgehead atoms. The molecule has 1 aromatic rings. The van der Waals surface area contributed by atoms with Crippen LogP contribution in [0.4, 0.5) is 0 Å². The van der Waals surface area contributed by atoms with Gasteiger partial charge in [-0.1, -0.05) is 42.0 Å². The normalized spacial score (nSPS) is 11.7. The molecule has 1 nitrogen and oxygen atoms in total. The zero-order valence-corrected chi connectivity index (χ0v) is 15.6. The molecule has 3 heteroatoms. The van der Waals surface area contributed by atoms with Crippen molar-refractivity contribution in [2.24, 2.45) is 0 Å². The molecule has 0 saturated heterocycles. The van der Waals surface area contributed by atoms with E-state index < -0.39 is 0 Å². The van der Waals surface area contributed by atoms with Crippen LogP contribution in [0.1, 0.15) is 45.9 Å². The van der Waals surface area contributed by atoms with Crippen molar-refractivity contribution in [3.63, 3.8) is 0 Å². The number of pyridine rings is 1. The van der Waals surface area contributed by atoms with E-state index in [-0.39, 0.29) is 27.0 Å². The summed E-state index contributed by atoms with van der Waals surface area (Å²) in [6.07, 6.45) is 12.3. The van der Waals surface area contributed by atoms with Crippen LogP contribution >= 0.6 is 27.0 Å². The fraction of sp³-hybridized carbons (Fsp3) is 0.278. The summed E-state index contributed by atoms with van der Waals surface area (Å²) in [5.74, 6) is 0. The average Bonchev–Trinajstić information content (AvgIpc) is 2.42. The van der Waals surface area contributed by atoms with Crippen LogP contribution in [0.25, 0.3) is 11.1 Å². The highest BCUT2D eigenvalue weighted by Gasteiger charge is 1.99. The Morgan fingerprint density at radius 3 is 2.05 bits per heavy atom. The molecule has 0 unspecified atom stereocenters. The van der Waals surface area contributed by atoms with Crippen molar-refractivity contribution in [2.75, 3.05) is 0 Å². The highest BCUT2D eigenvalue weighted by Crippen LogP contribution is 2.16. The zero-order chi connectivity index (χ0) is 14.3. The number of nitrogens with zero attached hydrogens (tertiary/aromatic N) is 1. The van der Waals surface area contributed by atoms with E-state index >= 15 is 0 Å². The summed E-state index contributed by atoms with van der Waals surface area (Å²) in [4.78, 5) is 4.52. The predicted molar refractivity (Wildman–Crippen MR) is 107 cm³/mol. The number of hydrogen-bond donors (Lipinski definition) is 0. The summed E-state index contributed by atoms with van der Waals surface area (Å²) in [6.45, 7) is 10.4. The molecule has 0 spiro atoms. The smallest absolute Gasteiger partial charge is 0.0659 e. The Labute approximate surface area is 143 Å². The highest BCUT2D eigenvalue weighted by molar-refractivity contribution is 7.59. The molecule has 0 aliphatic carbocycles. The minimum atomic E-state index is 0. The zero-order valence-electron chi connectivity index (χ0n) is 13.6. The molecule has 0 aliphatic rings. The summed E-state index contributed by atoms with van der Waals surface area (Å²) in [7, 11) is 0. The Hall–Kier alpha value is -1.19. The van der Waals surface area contributed by atoms with E-state index in [1.165, 1.54) is 16.7 Å².